The number of carbonyl (C=O) groups is 2. The lowest BCUT2D eigenvalue weighted by Crippen LogP contribution is -2.33. The Labute approximate surface area is 52.7 Å². The monoisotopic (exact) mass is 125 g/mol. The van der Waals surface area contributed by atoms with E-state index in [4.69, 9.17) is 0 Å². The van der Waals surface area contributed by atoms with Crippen molar-refractivity contribution in [3.8, 4) is 0 Å². The summed E-state index contributed by atoms with van der Waals surface area (Å²) in [7, 11) is 0. The van der Waals surface area contributed by atoms with E-state index in [-0.39, 0.29) is 11.7 Å². The molecule has 0 aliphatic carbocycles. The maximum Gasteiger partial charge on any atom is 0.234 e. The first kappa shape index (κ1) is 6.01. The Balaban J connectivity index is 2.81. The Kier molecular flexibility index (Phi) is 1.34. The largest absolute Gasteiger partial charge is 0.332 e. The molecule has 3 nitrogen and oxygen atoms in total. The average molecular weight is 125 g/mol. The van der Waals surface area contributed by atoms with Gasteiger partial charge in [-0.05, 0) is 13.0 Å². The van der Waals surface area contributed by atoms with Gasteiger partial charge in [0.1, 0.15) is 0 Å². The maximum atomic E-state index is 10.7. The van der Waals surface area contributed by atoms with Gasteiger partial charge in [0.2, 0.25) is 5.91 Å². The molecule has 0 aromatic rings. The molecule has 1 aliphatic rings. The third-order valence-electron chi connectivity index (χ3n) is 1.29. The zero-order valence-electron chi connectivity index (χ0n) is 5.05. The third kappa shape index (κ3) is 0.988. The number of hydrogen-bond donors (Lipinski definition) is 1. The molecule has 1 unspecified atom stereocenters. The normalized spacial score (nSPS) is 26.1. The predicted molar refractivity (Wildman–Crippen MR) is 31.5 cm³/mol. The summed E-state index contributed by atoms with van der Waals surface area (Å²) in [6.45, 7) is 1.58. The lowest BCUT2D eigenvalue weighted by molar-refractivity contribution is -0.131. The lowest BCUT2D eigenvalue weighted by atomic mass is 10.0. The predicted octanol–water partition coefficient (Wildman–Crippen LogP) is -0.165. The van der Waals surface area contributed by atoms with Gasteiger partial charge in [0, 0.05) is 6.20 Å². The highest BCUT2D eigenvalue weighted by atomic mass is 16.2. The molecule has 48 valence electrons. The van der Waals surface area contributed by atoms with Gasteiger partial charge in [-0.2, -0.15) is 0 Å². The summed E-state index contributed by atoms with van der Waals surface area (Å²) in [4.78, 5) is 21.3. The van der Waals surface area contributed by atoms with E-state index in [0.29, 0.717) is 0 Å². The van der Waals surface area contributed by atoms with Gasteiger partial charge in [-0.15, -0.1) is 0 Å². The van der Waals surface area contributed by atoms with Gasteiger partial charge in [-0.3, -0.25) is 9.59 Å². The molecule has 1 aliphatic heterocycles. The molecule has 0 radical (unpaired) electrons. The molecule has 0 fully saturated rings. The van der Waals surface area contributed by atoms with Gasteiger partial charge >= 0.3 is 0 Å². The van der Waals surface area contributed by atoms with Crippen molar-refractivity contribution in [2.24, 2.45) is 5.92 Å². The molecule has 1 amide bonds. The van der Waals surface area contributed by atoms with E-state index in [1.54, 1.807) is 6.92 Å². The summed E-state index contributed by atoms with van der Waals surface area (Å²) >= 11 is 0. The van der Waals surface area contributed by atoms with Crippen molar-refractivity contribution >= 4 is 11.7 Å². The van der Waals surface area contributed by atoms with Crippen LogP contribution in [0.25, 0.3) is 0 Å². The van der Waals surface area contributed by atoms with Crippen LogP contribution in [0.15, 0.2) is 12.3 Å². The lowest BCUT2D eigenvalue weighted by Gasteiger charge is -2.09. The van der Waals surface area contributed by atoms with E-state index in [2.05, 4.69) is 5.32 Å². The van der Waals surface area contributed by atoms with Crippen LogP contribution in [0, 0.1) is 5.92 Å². The Morgan fingerprint density at radius 2 is 2.22 bits per heavy atom. The number of ketones is 1. The van der Waals surface area contributed by atoms with Crippen LogP contribution in [0.5, 0.6) is 0 Å². The topological polar surface area (TPSA) is 46.2 Å². The van der Waals surface area contributed by atoms with Crippen LogP contribution in [0.3, 0.4) is 0 Å². The van der Waals surface area contributed by atoms with Crippen molar-refractivity contribution in [1.82, 2.24) is 5.32 Å². The van der Waals surface area contributed by atoms with Gasteiger partial charge < -0.3 is 5.32 Å². The van der Waals surface area contributed by atoms with Crippen LogP contribution in [-0.4, -0.2) is 11.7 Å². The van der Waals surface area contributed by atoms with Gasteiger partial charge in [-0.25, -0.2) is 0 Å². The molecule has 1 N–H and O–H groups in total. The summed E-state index contributed by atoms with van der Waals surface area (Å²) in [6, 6.07) is 0. The Bertz CT molecular complexity index is 183. The van der Waals surface area contributed by atoms with Crippen molar-refractivity contribution in [2.45, 2.75) is 6.92 Å². The smallest absolute Gasteiger partial charge is 0.234 e. The molecule has 1 atom stereocenters. The van der Waals surface area contributed by atoms with Gasteiger partial charge in [0.15, 0.2) is 5.78 Å². The van der Waals surface area contributed by atoms with E-state index < -0.39 is 5.92 Å². The molecule has 9 heavy (non-hydrogen) atoms. The second-order valence-corrected chi connectivity index (χ2v) is 1.97. The van der Waals surface area contributed by atoms with Gasteiger partial charge in [0.05, 0.1) is 5.92 Å². The molecule has 0 saturated carbocycles. The zero-order chi connectivity index (χ0) is 6.85. The standard InChI is InChI=1S/C6H7NO2/c1-4-5(8)2-3-7-6(4)9/h2-4H,1H3,(H,7,9). The maximum absolute atomic E-state index is 10.7. The Morgan fingerprint density at radius 1 is 1.56 bits per heavy atom. The molecular weight excluding hydrogens is 118 g/mol. The highest BCUT2D eigenvalue weighted by molar-refractivity contribution is 6.08. The van der Waals surface area contributed by atoms with Crippen LogP contribution in [0.1, 0.15) is 6.92 Å². The fourth-order valence-corrected chi connectivity index (χ4v) is 0.604. The minimum absolute atomic E-state index is 0.126. The summed E-state index contributed by atoms with van der Waals surface area (Å²) < 4.78 is 0. The first-order chi connectivity index (χ1) is 4.22. The van der Waals surface area contributed by atoms with Crippen LogP contribution in [0.4, 0.5) is 0 Å². The summed E-state index contributed by atoms with van der Waals surface area (Å²) in [5.74, 6) is -0.851. The molecule has 0 bridgehead atoms. The second kappa shape index (κ2) is 2.01. The third-order valence-corrected chi connectivity index (χ3v) is 1.29. The van der Waals surface area contributed by atoms with Gasteiger partial charge in [-0.1, -0.05) is 0 Å². The number of hydrogen-bond acceptors (Lipinski definition) is 2. The highest BCUT2D eigenvalue weighted by Gasteiger charge is 2.20. The average Bonchev–Trinajstić information content (AvgIpc) is 1.83. The SMILES string of the molecule is CC1C(=O)C=CNC1=O. The Hall–Kier alpha value is -1.12. The molecule has 0 aromatic carbocycles. The van der Waals surface area contributed by atoms with Gasteiger partial charge in [0.25, 0.3) is 0 Å². The first-order valence-electron chi connectivity index (χ1n) is 2.72. The molecule has 0 aromatic heterocycles. The van der Waals surface area contributed by atoms with Crippen molar-refractivity contribution < 1.29 is 9.59 Å². The van der Waals surface area contributed by atoms with Crippen LogP contribution in [0.2, 0.25) is 0 Å². The number of nitrogens with one attached hydrogen (secondary N) is 1. The molecule has 0 saturated heterocycles. The number of carbonyl (C=O) groups excluding carboxylic acids is 2. The summed E-state index contributed by atoms with van der Waals surface area (Å²) in [5, 5.41) is 2.42. The zero-order valence-corrected chi connectivity index (χ0v) is 5.05. The fourth-order valence-electron chi connectivity index (χ4n) is 0.604. The van der Waals surface area contributed by atoms with E-state index >= 15 is 0 Å². The van der Waals surface area contributed by atoms with E-state index in [9.17, 15) is 9.59 Å². The number of rotatable bonds is 0. The van der Waals surface area contributed by atoms with Crippen LogP contribution in [-0.2, 0) is 9.59 Å². The summed E-state index contributed by atoms with van der Waals surface area (Å²) in [6.07, 6.45) is 2.73. The minimum atomic E-state index is -0.505. The van der Waals surface area contributed by atoms with E-state index in [1.807, 2.05) is 0 Å². The van der Waals surface area contributed by atoms with Crippen molar-refractivity contribution in [3.63, 3.8) is 0 Å². The minimum Gasteiger partial charge on any atom is -0.332 e. The first-order valence-corrected chi connectivity index (χ1v) is 2.72. The molecular formula is C6H7NO2. The Morgan fingerprint density at radius 3 is 2.67 bits per heavy atom. The molecule has 1 rings (SSSR count). The van der Waals surface area contributed by atoms with Crippen molar-refractivity contribution in [2.75, 3.05) is 0 Å². The van der Waals surface area contributed by atoms with Crippen LogP contribution >= 0.6 is 0 Å². The quantitative estimate of drug-likeness (QED) is 0.457. The second-order valence-electron chi connectivity index (χ2n) is 1.97. The van der Waals surface area contributed by atoms with Crippen LogP contribution < -0.4 is 5.32 Å². The summed E-state index contributed by atoms with van der Waals surface area (Å²) in [5.41, 5.74) is 0. The van der Waals surface area contributed by atoms with Crippen molar-refractivity contribution in [3.05, 3.63) is 12.3 Å². The fraction of sp³-hybridized carbons (Fsp3) is 0.333. The van der Waals surface area contributed by atoms with Crippen molar-refractivity contribution in [1.29, 1.82) is 0 Å². The van der Waals surface area contributed by atoms with E-state index in [1.165, 1.54) is 12.3 Å². The molecule has 3 heteroatoms. The highest BCUT2D eigenvalue weighted by Crippen LogP contribution is 2.01. The van der Waals surface area contributed by atoms with E-state index in [0.717, 1.165) is 0 Å². The molecule has 1 heterocycles. The number of allylic oxidation sites excluding steroid dienone is 1. The molecule has 0 spiro atoms. The number of amides is 1.